The van der Waals surface area contributed by atoms with Gasteiger partial charge in [-0.1, -0.05) is 0 Å². The first-order chi connectivity index (χ1) is 8.22. The van der Waals surface area contributed by atoms with Crippen LogP contribution in [-0.2, 0) is 4.74 Å². The predicted molar refractivity (Wildman–Crippen MR) is 46.8 cm³/mol. The fourth-order valence-corrected chi connectivity index (χ4v) is 1.07. The summed E-state index contributed by atoms with van der Waals surface area (Å²) in [7, 11) is 0. The average molecular weight is 277 g/mol. The van der Waals surface area contributed by atoms with Gasteiger partial charge in [-0.3, -0.25) is 4.74 Å². The summed E-state index contributed by atoms with van der Waals surface area (Å²) in [5.74, 6) is -6.76. The number of rotatable bonds is 4. The Morgan fingerprint density at radius 3 is 1.94 bits per heavy atom. The molecule has 0 spiro atoms. The van der Waals surface area contributed by atoms with Gasteiger partial charge in [0.2, 0.25) is 0 Å². The number of benzene rings is 1. The highest BCUT2D eigenvalue weighted by Gasteiger charge is 2.28. The van der Waals surface area contributed by atoms with Crippen molar-refractivity contribution in [3.63, 3.8) is 0 Å². The highest BCUT2D eigenvalue weighted by atomic mass is 19.4. The van der Waals surface area contributed by atoms with E-state index in [1.165, 1.54) is 0 Å². The quantitative estimate of drug-likeness (QED) is 0.518. The van der Waals surface area contributed by atoms with Gasteiger partial charge in [-0.25, -0.2) is 17.6 Å². The van der Waals surface area contributed by atoms with Gasteiger partial charge in [0, 0.05) is 12.6 Å². The minimum absolute atomic E-state index is 0.0118. The normalized spacial score (nSPS) is 11.7. The Labute approximate surface area is 96.3 Å². The van der Waals surface area contributed by atoms with Crippen molar-refractivity contribution >= 4 is 5.69 Å². The molecule has 1 N–H and O–H groups in total. The van der Waals surface area contributed by atoms with Crippen molar-refractivity contribution in [2.24, 2.45) is 0 Å². The van der Waals surface area contributed by atoms with Crippen LogP contribution in [0.3, 0.4) is 0 Å². The smallest absolute Gasteiger partial charge is 0.378 e. The lowest BCUT2D eigenvalue weighted by Crippen LogP contribution is -2.20. The second kappa shape index (κ2) is 5.42. The van der Waals surface area contributed by atoms with Crippen molar-refractivity contribution in [2.75, 3.05) is 18.5 Å². The summed E-state index contributed by atoms with van der Waals surface area (Å²) in [6.45, 7) is -1.66. The third-order valence-electron chi connectivity index (χ3n) is 1.78. The summed E-state index contributed by atoms with van der Waals surface area (Å²) >= 11 is 0. The third kappa shape index (κ3) is 3.76. The molecule has 1 aromatic rings. The second-order valence-electron chi connectivity index (χ2n) is 3.06. The molecule has 1 aromatic carbocycles. The Kier molecular flexibility index (Phi) is 4.38. The summed E-state index contributed by atoms with van der Waals surface area (Å²) in [5, 5.41) is 1.78. The fourth-order valence-electron chi connectivity index (χ4n) is 1.07. The van der Waals surface area contributed by atoms with Crippen LogP contribution in [0.15, 0.2) is 6.07 Å². The predicted octanol–water partition coefficient (Wildman–Crippen LogP) is 3.19. The average Bonchev–Trinajstić information content (AvgIpc) is 2.24. The number of hydrogen-bond donors (Lipinski definition) is 1. The number of hydrogen-bond acceptors (Lipinski definition) is 2. The van der Waals surface area contributed by atoms with Crippen molar-refractivity contribution < 1.29 is 35.5 Å². The highest BCUT2D eigenvalue weighted by molar-refractivity contribution is 5.47. The molecule has 0 amide bonds. The molecule has 1 rings (SSSR count). The van der Waals surface area contributed by atoms with Crippen LogP contribution in [0, 0.1) is 23.3 Å². The van der Waals surface area contributed by atoms with Crippen molar-refractivity contribution in [3.8, 4) is 0 Å². The molecule has 0 unspecified atom stereocenters. The molecule has 0 aromatic heterocycles. The van der Waals surface area contributed by atoms with Gasteiger partial charge < -0.3 is 5.32 Å². The minimum Gasteiger partial charge on any atom is -0.378 e. The zero-order valence-electron chi connectivity index (χ0n) is 8.55. The Balaban J connectivity index is 2.68. The maximum Gasteiger partial charge on any atom is 0.522 e. The Morgan fingerprint density at radius 2 is 1.50 bits per heavy atom. The van der Waals surface area contributed by atoms with Gasteiger partial charge in [0.25, 0.3) is 0 Å². The number of alkyl halides is 3. The van der Waals surface area contributed by atoms with Gasteiger partial charge >= 0.3 is 6.36 Å². The molecule has 102 valence electrons. The standard InChI is InChI=1S/C9H6F7NO/c10-4-3-5(11)7(13)8(6(4)12)17-1-2-18-9(14,15)16/h3,17H,1-2H2. The molecule has 0 atom stereocenters. The van der Waals surface area contributed by atoms with E-state index in [2.05, 4.69) is 4.74 Å². The topological polar surface area (TPSA) is 21.3 Å². The van der Waals surface area contributed by atoms with Crippen LogP contribution < -0.4 is 5.32 Å². The third-order valence-corrected chi connectivity index (χ3v) is 1.78. The first kappa shape index (κ1) is 14.6. The monoisotopic (exact) mass is 277 g/mol. The van der Waals surface area contributed by atoms with E-state index in [4.69, 9.17) is 0 Å². The maximum absolute atomic E-state index is 13.0. The molecule has 0 heterocycles. The highest BCUT2D eigenvalue weighted by Crippen LogP contribution is 2.24. The largest absolute Gasteiger partial charge is 0.522 e. The van der Waals surface area contributed by atoms with Crippen LogP contribution in [-0.4, -0.2) is 19.5 Å². The van der Waals surface area contributed by atoms with Gasteiger partial charge in [0.1, 0.15) is 5.69 Å². The number of halogens is 7. The molecule has 18 heavy (non-hydrogen) atoms. The van der Waals surface area contributed by atoms with E-state index in [0.717, 1.165) is 0 Å². The van der Waals surface area contributed by atoms with Gasteiger partial charge in [-0.05, 0) is 0 Å². The van der Waals surface area contributed by atoms with E-state index in [-0.39, 0.29) is 6.07 Å². The van der Waals surface area contributed by atoms with Gasteiger partial charge in [-0.2, -0.15) is 0 Å². The van der Waals surface area contributed by atoms with Crippen LogP contribution in [0.4, 0.5) is 36.4 Å². The lowest BCUT2D eigenvalue weighted by atomic mass is 10.2. The minimum atomic E-state index is -4.90. The van der Waals surface area contributed by atoms with E-state index in [9.17, 15) is 30.7 Å². The maximum atomic E-state index is 13.0. The van der Waals surface area contributed by atoms with E-state index in [1.54, 1.807) is 5.32 Å². The van der Waals surface area contributed by atoms with Crippen molar-refractivity contribution in [1.82, 2.24) is 0 Å². The molecule has 0 fully saturated rings. The number of ether oxygens (including phenoxy) is 1. The summed E-state index contributed by atoms with van der Waals surface area (Å²) < 4.78 is 89.3. The lowest BCUT2D eigenvalue weighted by Gasteiger charge is -2.11. The SMILES string of the molecule is Fc1cc(F)c(F)c(NCCOC(F)(F)F)c1F. The Hall–Kier alpha value is -1.51. The van der Waals surface area contributed by atoms with E-state index >= 15 is 0 Å². The summed E-state index contributed by atoms with van der Waals surface area (Å²) in [4.78, 5) is 0. The molecule has 9 heteroatoms. The summed E-state index contributed by atoms with van der Waals surface area (Å²) in [6, 6.07) is -0.0118. The zero-order valence-corrected chi connectivity index (χ0v) is 8.55. The fraction of sp³-hybridized carbons (Fsp3) is 0.333. The molecule has 2 nitrogen and oxygen atoms in total. The molecule has 0 bridgehead atoms. The van der Waals surface area contributed by atoms with Crippen LogP contribution in [0.2, 0.25) is 0 Å². The molecular weight excluding hydrogens is 271 g/mol. The molecule has 0 aliphatic carbocycles. The Bertz CT molecular complexity index is 406. The second-order valence-corrected chi connectivity index (χ2v) is 3.06. The van der Waals surface area contributed by atoms with Crippen LogP contribution in [0.5, 0.6) is 0 Å². The van der Waals surface area contributed by atoms with E-state index in [1.807, 2.05) is 0 Å². The lowest BCUT2D eigenvalue weighted by molar-refractivity contribution is -0.322. The molecule has 0 saturated heterocycles. The van der Waals surface area contributed by atoms with Crippen LogP contribution in [0.1, 0.15) is 0 Å². The first-order valence-electron chi connectivity index (χ1n) is 4.50. The van der Waals surface area contributed by atoms with Crippen LogP contribution in [0.25, 0.3) is 0 Å². The molecule has 0 saturated carbocycles. The van der Waals surface area contributed by atoms with E-state index < -0.39 is 48.5 Å². The van der Waals surface area contributed by atoms with E-state index in [0.29, 0.717) is 0 Å². The van der Waals surface area contributed by atoms with Crippen LogP contribution >= 0.6 is 0 Å². The molecule has 0 radical (unpaired) electrons. The summed E-state index contributed by atoms with van der Waals surface area (Å²) in [6.07, 6.45) is -4.90. The number of anilines is 1. The van der Waals surface area contributed by atoms with Gasteiger partial charge in [-0.15, -0.1) is 13.2 Å². The Morgan fingerprint density at radius 1 is 1.00 bits per heavy atom. The van der Waals surface area contributed by atoms with Crippen molar-refractivity contribution in [1.29, 1.82) is 0 Å². The van der Waals surface area contributed by atoms with Gasteiger partial charge in [0.05, 0.1) is 6.61 Å². The molecular formula is C9H6F7NO. The molecule has 0 aliphatic heterocycles. The summed E-state index contributed by atoms with van der Waals surface area (Å²) in [5.41, 5.74) is -1.18. The van der Waals surface area contributed by atoms with Gasteiger partial charge in [0.15, 0.2) is 23.3 Å². The van der Waals surface area contributed by atoms with Crippen molar-refractivity contribution in [3.05, 3.63) is 29.3 Å². The zero-order chi connectivity index (χ0) is 13.9. The van der Waals surface area contributed by atoms with Crippen molar-refractivity contribution in [2.45, 2.75) is 6.36 Å². The first-order valence-corrected chi connectivity index (χ1v) is 4.50. The number of nitrogens with one attached hydrogen (secondary N) is 1. The molecule has 0 aliphatic rings.